The number of nitrogens with one attached hydrogen (secondary N) is 3. The number of hydrogen-bond donors (Lipinski definition) is 3. The Balaban J connectivity index is 0.00000154. The molecule has 106 valence electrons. The maximum Gasteiger partial charge on any atom is 0.0722 e. The Morgan fingerprint density at radius 3 is 2.21 bits per heavy atom. The highest BCUT2D eigenvalue weighted by atomic mass is 15.6. The van der Waals surface area contributed by atoms with Gasteiger partial charge in [-0.05, 0) is 32.0 Å². The molecule has 1 aromatic carbocycles. The van der Waals surface area contributed by atoms with E-state index in [2.05, 4.69) is 40.7 Å². The van der Waals surface area contributed by atoms with Gasteiger partial charge in [0.05, 0.1) is 6.04 Å². The third kappa shape index (κ3) is 6.34. The highest BCUT2D eigenvalue weighted by molar-refractivity contribution is 5.33. The summed E-state index contributed by atoms with van der Waals surface area (Å²) in [6.45, 7) is 8.07. The van der Waals surface area contributed by atoms with E-state index >= 15 is 0 Å². The fourth-order valence-electron chi connectivity index (χ4n) is 1.70. The lowest BCUT2D eigenvalue weighted by molar-refractivity contribution is 0.429. The first-order valence-corrected chi connectivity index (χ1v) is 6.84. The molecule has 1 aromatic rings. The number of rotatable bonds is 6. The molecule has 0 spiro atoms. The van der Waals surface area contributed by atoms with Gasteiger partial charge in [-0.3, -0.25) is 0 Å². The molecule has 0 aliphatic carbocycles. The van der Waals surface area contributed by atoms with Gasteiger partial charge < -0.3 is 0 Å². The highest BCUT2D eigenvalue weighted by Gasteiger charge is 2.12. The summed E-state index contributed by atoms with van der Waals surface area (Å²) in [6, 6.07) is 10.5. The lowest BCUT2D eigenvalue weighted by atomic mass is 9.99. The topological polar surface area (TPSA) is 36.1 Å². The zero-order valence-corrected chi connectivity index (χ0v) is 12.7. The monoisotopic (exact) mass is 261 g/mol. The average Bonchev–Trinajstić information content (AvgIpc) is 2.49. The largest absolute Gasteiger partial charge is 0.247 e. The van der Waals surface area contributed by atoms with E-state index in [-0.39, 0.29) is 6.04 Å². The minimum absolute atomic E-state index is 0.129. The van der Waals surface area contributed by atoms with Crippen molar-refractivity contribution in [3.05, 3.63) is 59.7 Å². The van der Waals surface area contributed by atoms with Crippen LogP contribution in [0.2, 0.25) is 0 Å². The van der Waals surface area contributed by atoms with Crippen molar-refractivity contribution in [2.75, 3.05) is 7.05 Å². The first-order chi connectivity index (χ1) is 9.33. The number of allylic oxidation sites excluding steroid dienone is 2. The summed E-state index contributed by atoms with van der Waals surface area (Å²) in [5.41, 5.74) is 11.5. The van der Waals surface area contributed by atoms with Gasteiger partial charge in [0.1, 0.15) is 0 Å². The lowest BCUT2D eigenvalue weighted by Gasteiger charge is -2.20. The second-order valence-electron chi connectivity index (χ2n) is 3.65. The molecule has 0 fully saturated rings. The van der Waals surface area contributed by atoms with Gasteiger partial charge in [0.25, 0.3) is 0 Å². The maximum atomic E-state index is 3.24. The minimum Gasteiger partial charge on any atom is -0.247 e. The molecule has 0 saturated carbocycles. The fraction of sp³-hybridized carbons (Fsp3) is 0.375. The smallest absolute Gasteiger partial charge is 0.0722 e. The second-order valence-corrected chi connectivity index (χ2v) is 3.65. The first-order valence-electron chi connectivity index (χ1n) is 6.84. The van der Waals surface area contributed by atoms with Crippen molar-refractivity contribution in [3.8, 4) is 0 Å². The van der Waals surface area contributed by atoms with E-state index in [1.807, 2.05) is 59.0 Å². The van der Waals surface area contributed by atoms with Gasteiger partial charge in [0.2, 0.25) is 0 Å². The third-order valence-corrected chi connectivity index (χ3v) is 2.50. The van der Waals surface area contributed by atoms with Crippen molar-refractivity contribution < 1.29 is 0 Å². The summed E-state index contributed by atoms with van der Waals surface area (Å²) in [7, 11) is 1.83. The van der Waals surface area contributed by atoms with Crippen LogP contribution in [-0.2, 0) is 0 Å². The van der Waals surface area contributed by atoms with Gasteiger partial charge in [-0.2, -0.15) is 5.53 Å². The molecule has 3 heteroatoms. The van der Waals surface area contributed by atoms with E-state index in [1.165, 1.54) is 11.1 Å². The first kappa shape index (κ1) is 17.6. The van der Waals surface area contributed by atoms with E-state index < -0.39 is 0 Å². The molecule has 1 rings (SSSR count). The predicted molar refractivity (Wildman–Crippen MR) is 84.4 cm³/mol. The molecule has 1 unspecified atom stereocenters. The maximum absolute atomic E-state index is 3.24. The van der Waals surface area contributed by atoms with E-state index in [1.54, 1.807) is 0 Å². The SMILES string of the molecule is C/C=C\C(=C/C)C(NNNC)c1ccccc1.CC. The zero-order valence-electron chi connectivity index (χ0n) is 12.7. The van der Waals surface area contributed by atoms with Gasteiger partial charge in [-0.25, -0.2) is 10.9 Å². The molecule has 0 bridgehead atoms. The van der Waals surface area contributed by atoms with Crippen LogP contribution in [0, 0.1) is 0 Å². The van der Waals surface area contributed by atoms with Crippen LogP contribution in [0.1, 0.15) is 39.3 Å². The van der Waals surface area contributed by atoms with Crippen molar-refractivity contribution >= 4 is 0 Å². The van der Waals surface area contributed by atoms with E-state index in [9.17, 15) is 0 Å². The molecule has 0 heterocycles. The Morgan fingerprint density at radius 1 is 1.11 bits per heavy atom. The Hall–Kier alpha value is -1.42. The molecule has 0 radical (unpaired) electrons. The molecule has 3 N–H and O–H groups in total. The average molecular weight is 261 g/mol. The quantitative estimate of drug-likeness (QED) is 0.542. The normalized spacial score (nSPS) is 13.0. The predicted octanol–water partition coefficient (Wildman–Crippen LogP) is 3.50. The van der Waals surface area contributed by atoms with Crippen LogP contribution in [0.3, 0.4) is 0 Å². The van der Waals surface area contributed by atoms with Crippen molar-refractivity contribution in [1.82, 2.24) is 16.4 Å². The van der Waals surface area contributed by atoms with E-state index in [0.29, 0.717) is 0 Å². The van der Waals surface area contributed by atoms with Gasteiger partial charge >= 0.3 is 0 Å². The van der Waals surface area contributed by atoms with E-state index in [4.69, 9.17) is 0 Å². The van der Waals surface area contributed by atoms with Gasteiger partial charge in [0, 0.05) is 0 Å². The highest BCUT2D eigenvalue weighted by Crippen LogP contribution is 2.21. The number of hydrazine groups is 2. The summed E-state index contributed by atoms with van der Waals surface area (Å²) in [6.07, 6.45) is 6.27. The van der Waals surface area contributed by atoms with Crippen LogP contribution in [0.4, 0.5) is 0 Å². The molecule has 0 aromatic heterocycles. The Bertz CT molecular complexity index is 369. The van der Waals surface area contributed by atoms with E-state index in [0.717, 1.165) is 0 Å². The second kappa shape index (κ2) is 11.7. The van der Waals surface area contributed by atoms with Crippen LogP contribution < -0.4 is 16.4 Å². The minimum atomic E-state index is 0.129. The van der Waals surface area contributed by atoms with Crippen LogP contribution in [0.25, 0.3) is 0 Å². The molecule has 19 heavy (non-hydrogen) atoms. The van der Waals surface area contributed by atoms with Crippen LogP contribution in [0.5, 0.6) is 0 Å². The van der Waals surface area contributed by atoms with Crippen molar-refractivity contribution in [2.45, 2.75) is 33.7 Å². The van der Waals surface area contributed by atoms with Gasteiger partial charge in [-0.1, -0.05) is 62.4 Å². The third-order valence-electron chi connectivity index (χ3n) is 2.50. The molecular weight excluding hydrogens is 234 g/mol. The van der Waals surface area contributed by atoms with Crippen molar-refractivity contribution in [1.29, 1.82) is 0 Å². The summed E-state index contributed by atoms with van der Waals surface area (Å²) >= 11 is 0. The Morgan fingerprint density at radius 2 is 1.74 bits per heavy atom. The van der Waals surface area contributed by atoms with Crippen molar-refractivity contribution in [2.24, 2.45) is 0 Å². The molecule has 0 saturated heterocycles. The molecule has 0 aliphatic heterocycles. The number of benzene rings is 1. The summed E-state index contributed by atoms with van der Waals surface area (Å²) in [4.78, 5) is 0. The molecule has 0 amide bonds. The number of hydrogen-bond acceptors (Lipinski definition) is 3. The molecule has 1 atom stereocenters. The lowest BCUT2D eigenvalue weighted by Crippen LogP contribution is -2.43. The molecule has 3 nitrogen and oxygen atoms in total. The molecular formula is C16H27N3. The van der Waals surface area contributed by atoms with Crippen LogP contribution in [-0.4, -0.2) is 7.05 Å². The van der Waals surface area contributed by atoms with Crippen LogP contribution in [0.15, 0.2) is 54.1 Å². The summed E-state index contributed by atoms with van der Waals surface area (Å²) in [5, 5.41) is 0. The Kier molecular flexibility index (Phi) is 10.8. The van der Waals surface area contributed by atoms with Gasteiger partial charge in [0.15, 0.2) is 0 Å². The van der Waals surface area contributed by atoms with Crippen molar-refractivity contribution in [3.63, 3.8) is 0 Å². The standard InChI is InChI=1S/C14H21N3.C2H6/c1-4-9-12(5-2)14(16-17-15-3)13-10-7-6-8-11-13;1-2/h4-11,14-17H,1-3H3;1-2H3/b9-4-,12-5+;. The summed E-state index contributed by atoms with van der Waals surface area (Å²) < 4.78 is 0. The zero-order chi connectivity index (χ0) is 14.5. The fourth-order valence-corrected chi connectivity index (χ4v) is 1.70. The molecule has 0 aliphatic rings. The Labute approximate surface area is 117 Å². The van der Waals surface area contributed by atoms with Crippen LogP contribution >= 0.6 is 0 Å². The van der Waals surface area contributed by atoms with Gasteiger partial charge in [-0.15, -0.1) is 0 Å². The summed E-state index contributed by atoms with van der Waals surface area (Å²) in [5.74, 6) is 0.